The van der Waals surface area contributed by atoms with Gasteiger partial charge in [-0.05, 0) is 18.9 Å². The predicted octanol–water partition coefficient (Wildman–Crippen LogP) is 2.73. The van der Waals surface area contributed by atoms with E-state index in [0.29, 0.717) is 12.1 Å². The number of carbonyl (C=O) groups excluding carboxylic acids is 1. The number of benzene rings is 1. The predicted molar refractivity (Wildman–Crippen MR) is 67.7 cm³/mol. The van der Waals surface area contributed by atoms with Crippen LogP contribution < -0.4 is 10.6 Å². The van der Waals surface area contributed by atoms with Crippen LogP contribution in [0.1, 0.15) is 36.0 Å². The molecule has 0 unspecified atom stereocenters. The summed E-state index contributed by atoms with van der Waals surface area (Å²) >= 11 is 0. The molecule has 5 nitrogen and oxygen atoms in total. The smallest absolute Gasteiger partial charge is 0.337 e. The Morgan fingerprint density at radius 1 is 1.15 bits per heavy atom. The molecule has 7 heteroatoms. The highest BCUT2D eigenvalue weighted by Gasteiger charge is 2.20. The molecule has 0 radical (unpaired) electrons. The quantitative estimate of drug-likeness (QED) is 0.798. The number of anilines is 1. The third-order valence-corrected chi connectivity index (χ3v) is 3.23. The summed E-state index contributed by atoms with van der Waals surface area (Å²) in [5, 5.41) is 13.8. The van der Waals surface area contributed by atoms with Gasteiger partial charge in [-0.2, -0.15) is 0 Å². The molecule has 108 valence electrons. The lowest BCUT2D eigenvalue weighted by Crippen LogP contribution is -2.36. The monoisotopic (exact) mass is 284 g/mol. The molecule has 1 aliphatic carbocycles. The highest BCUT2D eigenvalue weighted by atomic mass is 19.2. The van der Waals surface area contributed by atoms with Crippen LogP contribution in [0.4, 0.5) is 19.3 Å². The van der Waals surface area contributed by atoms with Gasteiger partial charge in [-0.1, -0.05) is 12.8 Å². The number of rotatable bonds is 3. The Labute approximate surface area is 114 Å². The first-order valence-electron chi connectivity index (χ1n) is 6.27. The van der Waals surface area contributed by atoms with Crippen molar-refractivity contribution in [3.63, 3.8) is 0 Å². The summed E-state index contributed by atoms with van der Waals surface area (Å²) < 4.78 is 26.2. The van der Waals surface area contributed by atoms with Gasteiger partial charge < -0.3 is 15.7 Å². The van der Waals surface area contributed by atoms with Gasteiger partial charge in [0.25, 0.3) is 0 Å². The molecule has 0 saturated heterocycles. The molecule has 20 heavy (non-hydrogen) atoms. The van der Waals surface area contributed by atoms with Gasteiger partial charge in [0.2, 0.25) is 0 Å². The van der Waals surface area contributed by atoms with Gasteiger partial charge in [-0.15, -0.1) is 0 Å². The summed E-state index contributed by atoms with van der Waals surface area (Å²) in [5.74, 6) is -3.93. The van der Waals surface area contributed by atoms with Crippen molar-refractivity contribution < 1.29 is 23.5 Å². The van der Waals surface area contributed by atoms with E-state index in [9.17, 15) is 18.4 Å². The summed E-state index contributed by atoms with van der Waals surface area (Å²) in [4.78, 5) is 22.7. The van der Waals surface area contributed by atoms with Gasteiger partial charge in [0.15, 0.2) is 11.6 Å². The lowest BCUT2D eigenvalue weighted by molar-refractivity contribution is 0.0697. The lowest BCUT2D eigenvalue weighted by atomic mass is 10.1. The van der Waals surface area contributed by atoms with Gasteiger partial charge in [-0.25, -0.2) is 18.4 Å². The number of carboxylic acids is 1. The Balaban J connectivity index is 2.13. The maximum Gasteiger partial charge on any atom is 0.337 e. The summed E-state index contributed by atoms with van der Waals surface area (Å²) in [5.41, 5.74) is -0.766. The van der Waals surface area contributed by atoms with Crippen molar-refractivity contribution in [1.29, 1.82) is 0 Å². The second-order valence-electron chi connectivity index (χ2n) is 4.70. The molecule has 3 N–H and O–H groups in total. The number of amides is 2. The van der Waals surface area contributed by atoms with Crippen LogP contribution in [0.2, 0.25) is 0 Å². The SMILES string of the molecule is O=C(Nc1cc(F)c(F)cc1C(=O)O)NC1CCCC1. The first-order chi connectivity index (χ1) is 9.47. The van der Waals surface area contributed by atoms with Crippen LogP contribution in [-0.2, 0) is 0 Å². The van der Waals surface area contributed by atoms with Crippen molar-refractivity contribution in [2.45, 2.75) is 31.7 Å². The van der Waals surface area contributed by atoms with Gasteiger partial charge in [-0.3, -0.25) is 0 Å². The molecule has 1 aromatic carbocycles. The third kappa shape index (κ3) is 3.23. The molecule has 0 spiro atoms. The van der Waals surface area contributed by atoms with Crippen molar-refractivity contribution in [3.05, 3.63) is 29.3 Å². The minimum atomic E-state index is -1.44. The Hall–Kier alpha value is -2.18. The molecule has 1 aliphatic rings. The molecule has 0 bridgehead atoms. The number of halogens is 2. The van der Waals surface area contributed by atoms with Crippen molar-refractivity contribution in [2.75, 3.05) is 5.32 Å². The topological polar surface area (TPSA) is 78.4 Å². The number of hydrogen-bond acceptors (Lipinski definition) is 2. The summed E-state index contributed by atoms with van der Waals surface area (Å²) in [6.45, 7) is 0. The summed E-state index contributed by atoms with van der Waals surface area (Å²) in [7, 11) is 0. The number of carboxylic acid groups (broad SMARTS) is 1. The molecule has 2 rings (SSSR count). The molecule has 2 amide bonds. The van der Waals surface area contributed by atoms with E-state index < -0.39 is 29.2 Å². The zero-order valence-corrected chi connectivity index (χ0v) is 10.6. The van der Waals surface area contributed by atoms with Crippen LogP contribution in [0.15, 0.2) is 12.1 Å². The lowest BCUT2D eigenvalue weighted by Gasteiger charge is -2.14. The van der Waals surface area contributed by atoms with E-state index in [2.05, 4.69) is 10.6 Å². The van der Waals surface area contributed by atoms with Crippen LogP contribution in [0.25, 0.3) is 0 Å². The highest BCUT2D eigenvalue weighted by molar-refractivity contribution is 6.00. The fraction of sp³-hybridized carbons (Fsp3) is 0.385. The maximum absolute atomic E-state index is 13.1. The van der Waals surface area contributed by atoms with E-state index in [1.54, 1.807) is 0 Å². The average Bonchev–Trinajstić information content (AvgIpc) is 2.85. The van der Waals surface area contributed by atoms with Crippen LogP contribution in [0.3, 0.4) is 0 Å². The number of nitrogens with one attached hydrogen (secondary N) is 2. The zero-order chi connectivity index (χ0) is 14.7. The van der Waals surface area contributed by atoms with E-state index in [1.165, 1.54) is 0 Å². The number of hydrogen-bond donors (Lipinski definition) is 3. The van der Waals surface area contributed by atoms with E-state index in [0.717, 1.165) is 25.7 Å². The van der Waals surface area contributed by atoms with Crippen LogP contribution >= 0.6 is 0 Å². The minimum absolute atomic E-state index is 0.0357. The number of carbonyl (C=O) groups is 2. The number of aromatic carboxylic acids is 1. The van der Waals surface area contributed by atoms with E-state index >= 15 is 0 Å². The molecule has 0 aliphatic heterocycles. The largest absolute Gasteiger partial charge is 0.478 e. The van der Waals surface area contributed by atoms with Gasteiger partial charge in [0.1, 0.15) is 0 Å². The Kier molecular flexibility index (Phi) is 4.16. The van der Waals surface area contributed by atoms with E-state index in [4.69, 9.17) is 5.11 Å². The number of urea groups is 1. The maximum atomic E-state index is 13.1. The second kappa shape index (κ2) is 5.85. The van der Waals surface area contributed by atoms with E-state index in [-0.39, 0.29) is 11.7 Å². The molecule has 1 fully saturated rings. The normalized spacial score (nSPS) is 15.1. The first kappa shape index (κ1) is 14.2. The zero-order valence-electron chi connectivity index (χ0n) is 10.6. The van der Waals surface area contributed by atoms with Gasteiger partial charge in [0, 0.05) is 12.1 Å². The highest BCUT2D eigenvalue weighted by Crippen LogP contribution is 2.21. The summed E-state index contributed by atoms with van der Waals surface area (Å²) in [6, 6.07) is 0.620. The molecule has 1 saturated carbocycles. The van der Waals surface area contributed by atoms with Gasteiger partial charge in [0.05, 0.1) is 11.3 Å². The van der Waals surface area contributed by atoms with Crippen molar-refractivity contribution in [2.24, 2.45) is 0 Å². The Bertz CT molecular complexity index is 543. The van der Waals surface area contributed by atoms with Crippen LogP contribution in [0, 0.1) is 11.6 Å². The molecule has 0 aromatic heterocycles. The molecule has 1 aromatic rings. The molecular formula is C13H14F2N2O3. The van der Waals surface area contributed by atoms with Crippen molar-refractivity contribution >= 4 is 17.7 Å². The van der Waals surface area contributed by atoms with Crippen molar-refractivity contribution in [3.8, 4) is 0 Å². The standard InChI is InChI=1S/C13H14F2N2O3/c14-9-5-8(12(18)19)11(6-10(9)15)17-13(20)16-7-3-1-2-4-7/h5-7H,1-4H2,(H,18,19)(H2,16,17,20). The average molecular weight is 284 g/mol. The molecule has 0 atom stereocenters. The fourth-order valence-corrected chi connectivity index (χ4v) is 2.24. The minimum Gasteiger partial charge on any atom is -0.478 e. The Morgan fingerprint density at radius 3 is 2.35 bits per heavy atom. The molecule has 0 heterocycles. The van der Waals surface area contributed by atoms with Crippen LogP contribution in [0.5, 0.6) is 0 Å². The van der Waals surface area contributed by atoms with Crippen molar-refractivity contribution in [1.82, 2.24) is 5.32 Å². The molecular weight excluding hydrogens is 270 g/mol. The van der Waals surface area contributed by atoms with E-state index in [1.807, 2.05) is 0 Å². The second-order valence-corrected chi connectivity index (χ2v) is 4.70. The summed E-state index contributed by atoms with van der Waals surface area (Å²) in [6.07, 6.45) is 3.76. The van der Waals surface area contributed by atoms with Crippen LogP contribution in [-0.4, -0.2) is 23.1 Å². The first-order valence-corrected chi connectivity index (χ1v) is 6.27. The Morgan fingerprint density at radius 2 is 1.75 bits per heavy atom. The van der Waals surface area contributed by atoms with Gasteiger partial charge >= 0.3 is 12.0 Å². The fourth-order valence-electron chi connectivity index (χ4n) is 2.24. The third-order valence-electron chi connectivity index (χ3n) is 3.23.